The van der Waals surface area contributed by atoms with E-state index in [0.717, 1.165) is 24.9 Å². The number of likely N-dealkylation sites (N-methyl/N-ethyl adjacent to an activating group) is 1. The summed E-state index contributed by atoms with van der Waals surface area (Å²) in [6.45, 7) is 1.17. The summed E-state index contributed by atoms with van der Waals surface area (Å²) in [5.74, 6) is 1.46. The Morgan fingerprint density at radius 2 is 1.85 bits per heavy atom. The maximum absolute atomic E-state index is 13.6. The van der Waals surface area contributed by atoms with Crippen molar-refractivity contribution < 1.29 is 23.4 Å². The minimum atomic E-state index is -0.331. The van der Waals surface area contributed by atoms with Crippen molar-refractivity contribution in [3.05, 3.63) is 108 Å². The van der Waals surface area contributed by atoms with Gasteiger partial charge in [0.25, 0.3) is 0 Å². The van der Waals surface area contributed by atoms with Crippen LogP contribution in [0.1, 0.15) is 18.4 Å². The quantitative estimate of drug-likeness (QED) is 0.137. The first-order valence-corrected chi connectivity index (χ1v) is 15.8. The lowest BCUT2D eigenvalue weighted by Gasteiger charge is -2.18. The first-order valence-electron chi connectivity index (χ1n) is 15.5. The topological polar surface area (TPSA) is 97.8 Å². The van der Waals surface area contributed by atoms with Gasteiger partial charge in [-0.15, -0.1) is 0 Å². The number of methoxy groups -OCH3 is 2. The van der Waals surface area contributed by atoms with Crippen molar-refractivity contribution in [3.8, 4) is 28.4 Å². The highest BCUT2D eigenvalue weighted by Crippen LogP contribution is 2.42. The molecule has 5 aromatic rings. The zero-order valence-electron chi connectivity index (χ0n) is 26.8. The molecule has 9 nitrogen and oxygen atoms in total. The molecule has 0 radical (unpaired) electrons. The lowest BCUT2D eigenvalue weighted by atomic mass is 9.97. The maximum atomic E-state index is 13.6. The number of nitrogens with one attached hydrogen (secondary N) is 2. The first kappa shape index (κ1) is 32.7. The van der Waals surface area contributed by atoms with E-state index < -0.39 is 0 Å². The largest absolute Gasteiger partial charge is 0.493 e. The molecule has 1 aliphatic rings. The van der Waals surface area contributed by atoms with Gasteiger partial charge in [-0.25, -0.2) is 14.4 Å². The highest BCUT2D eigenvalue weighted by molar-refractivity contribution is 6.32. The molecular weight excluding hydrogens is 633 g/mol. The summed E-state index contributed by atoms with van der Waals surface area (Å²) in [5.41, 5.74) is 4.00. The standard InChI is InChI=1S/C37H35ClFN5O4/c1-44-17-5-8-27(44)11-16-34(45)43-30-13-12-29-36(35(30)24-9-14-32(46-2)33(19-24)47-3)37(41-22-40-29)42-26-10-15-31(28(38)20-26)48-21-23-6-4-7-25(39)18-23/h4,6-7,9-16,18-20,22,27H,5,8,17,21H2,1-3H3,(H,43,45)(H,40,41,42)/b16-11+. The van der Waals surface area contributed by atoms with Gasteiger partial charge in [0.05, 0.1) is 30.1 Å². The molecular formula is C37H35ClFN5O4. The summed E-state index contributed by atoms with van der Waals surface area (Å²) >= 11 is 6.61. The van der Waals surface area contributed by atoms with E-state index in [9.17, 15) is 9.18 Å². The predicted octanol–water partition coefficient (Wildman–Crippen LogP) is 8.02. The Balaban J connectivity index is 1.36. The van der Waals surface area contributed by atoms with Crippen LogP contribution in [0.25, 0.3) is 22.0 Å². The summed E-state index contributed by atoms with van der Waals surface area (Å²) in [7, 11) is 5.21. The van der Waals surface area contributed by atoms with Crippen LogP contribution in [0.15, 0.2) is 91.3 Å². The molecule has 6 rings (SSSR count). The third-order valence-electron chi connectivity index (χ3n) is 8.26. The number of aromatic nitrogens is 2. The van der Waals surface area contributed by atoms with Crippen molar-refractivity contribution in [1.82, 2.24) is 14.9 Å². The average molecular weight is 668 g/mol. The minimum absolute atomic E-state index is 0.163. The van der Waals surface area contributed by atoms with E-state index >= 15 is 0 Å². The number of likely N-dealkylation sites (tertiary alicyclic amines) is 1. The first-order chi connectivity index (χ1) is 23.3. The van der Waals surface area contributed by atoms with E-state index in [2.05, 4.69) is 32.5 Å². The van der Waals surface area contributed by atoms with Gasteiger partial charge in [0.2, 0.25) is 5.91 Å². The molecule has 2 N–H and O–H groups in total. The highest BCUT2D eigenvalue weighted by atomic mass is 35.5. The number of ether oxygens (including phenoxy) is 3. The molecule has 0 bridgehead atoms. The van der Waals surface area contributed by atoms with Crippen molar-refractivity contribution in [2.45, 2.75) is 25.5 Å². The van der Waals surface area contributed by atoms with E-state index in [1.165, 1.54) is 18.5 Å². The summed E-state index contributed by atoms with van der Waals surface area (Å²) in [6.07, 6.45) is 7.14. The van der Waals surface area contributed by atoms with Crippen molar-refractivity contribution in [3.63, 3.8) is 0 Å². The molecule has 1 atom stereocenters. The van der Waals surface area contributed by atoms with Gasteiger partial charge in [0.15, 0.2) is 11.5 Å². The number of amides is 1. The normalized spacial score (nSPS) is 14.7. The fourth-order valence-corrected chi connectivity index (χ4v) is 6.05. The third-order valence-corrected chi connectivity index (χ3v) is 8.55. The van der Waals surface area contributed by atoms with E-state index in [-0.39, 0.29) is 24.4 Å². The second-order valence-corrected chi connectivity index (χ2v) is 11.8. The van der Waals surface area contributed by atoms with Crippen LogP contribution in [0.2, 0.25) is 5.02 Å². The van der Waals surface area contributed by atoms with Crippen LogP contribution < -0.4 is 24.8 Å². The molecule has 1 unspecified atom stereocenters. The van der Waals surface area contributed by atoms with Crippen molar-refractivity contribution in [2.75, 3.05) is 38.4 Å². The van der Waals surface area contributed by atoms with Crippen LogP contribution >= 0.6 is 11.6 Å². The van der Waals surface area contributed by atoms with E-state index in [1.807, 2.05) is 42.5 Å². The van der Waals surface area contributed by atoms with Crippen LogP contribution in [0.3, 0.4) is 0 Å². The number of anilines is 3. The SMILES string of the molecule is COc1ccc(-c2c(NC(=O)/C=C/C3CCCN3C)ccc3ncnc(Nc4ccc(OCc5cccc(F)c5)c(Cl)c4)c23)cc1OC. The number of carbonyl (C=O) groups excluding carboxylic acids is 1. The van der Waals surface area contributed by atoms with Gasteiger partial charge >= 0.3 is 0 Å². The summed E-state index contributed by atoms with van der Waals surface area (Å²) in [5, 5.41) is 7.49. The van der Waals surface area contributed by atoms with Crippen LogP contribution in [0.4, 0.5) is 21.6 Å². The Morgan fingerprint density at radius 1 is 1.02 bits per heavy atom. The summed E-state index contributed by atoms with van der Waals surface area (Å²) in [6, 6.07) is 21.0. The molecule has 1 amide bonds. The summed E-state index contributed by atoms with van der Waals surface area (Å²) in [4.78, 5) is 24.6. The lowest BCUT2D eigenvalue weighted by molar-refractivity contribution is -0.111. The third kappa shape index (κ3) is 7.35. The number of hydrogen-bond acceptors (Lipinski definition) is 8. The average Bonchev–Trinajstić information content (AvgIpc) is 3.51. The van der Waals surface area contributed by atoms with Gasteiger partial charge in [-0.05, 0) is 92.2 Å². The zero-order chi connectivity index (χ0) is 33.6. The molecule has 1 aromatic heterocycles. The summed E-state index contributed by atoms with van der Waals surface area (Å²) < 4.78 is 30.6. The lowest BCUT2D eigenvalue weighted by Crippen LogP contribution is -2.23. The van der Waals surface area contributed by atoms with Gasteiger partial charge < -0.3 is 24.8 Å². The van der Waals surface area contributed by atoms with Gasteiger partial charge in [-0.2, -0.15) is 0 Å². The monoisotopic (exact) mass is 667 g/mol. The predicted molar refractivity (Wildman–Crippen MR) is 187 cm³/mol. The number of benzene rings is 4. The Morgan fingerprint density at radius 3 is 2.60 bits per heavy atom. The van der Waals surface area contributed by atoms with Gasteiger partial charge in [0.1, 0.15) is 30.3 Å². The number of hydrogen-bond donors (Lipinski definition) is 2. The smallest absolute Gasteiger partial charge is 0.248 e. The minimum Gasteiger partial charge on any atom is -0.493 e. The second-order valence-electron chi connectivity index (χ2n) is 11.4. The van der Waals surface area contributed by atoms with Gasteiger partial charge in [-0.3, -0.25) is 9.69 Å². The number of rotatable bonds is 11. The van der Waals surface area contributed by atoms with E-state index in [4.69, 9.17) is 25.8 Å². The van der Waals surface area contributed by atoms with Crippen LogP contribution in [0.5, 0.6) is 17.2 Å². The Hall–Kier alpha value is -5.19. The Labute approximate surface area is 283 Å². The fraction of sp³-hybridized carbons (Fsp3) is 0.216. The maximum Gasteiger partial charge on any atom is 0.248 e. The molecule has 48 heavy (non-hydrogen) atoms. The number of carbonyl (C=O) groups is 1. The Bertz CT molecular complexity index is 1990. The van der Waals surface area contributed by atoms with E-state index in [0.29, 0.717) is 61.5 Å². The van der Waals surface area contributed by atoms with Gasteiger partial charge in [0, 0.05) is 29.1 Å². The van der Waals surface area contributed by atoms with E-state index in [1.54, 1.807) is 44.6 Å². The number of nitrogens with zero attached hydrogens (tertiary/aromatic N) is 3. The number of halogens is 2. The van der Waals surface area contributed by atoms with Crippen LogP contribution in [-0.4, -0.2) is 54.6 Å². The van der Waals surface area contributed by atoms with Gasteiger partial charge in [-0.1, -0.05) is 35.9 Å². The van der Waals surface area contributed by atoms with Crippen molar-refractivity contribution in [1.29, 1.82) is 0 Å². The Kier molecular flexibility index (Phi) is 10.0. The molecule has 1 aliphatic heterocycles. The molecule has 2 heterocycles. The highest BCUT2D eigenvalue weighted by Gasteiger charge is 2.21. The fourth-order valence-electron chi connectivity index (χ4n) is 5.82. The molecule has 11 heteroatoms. The molecule has 0 aliphatic carbocycles. The molecule has 0 saturated carbocycles. The van der Waals surface area contributed by atoms with Crippen molar-refractivity contribution >= 4 is 45.6 Å². The molecule has 1 fully saturated rings. The number of fused-ring (bicyclic) bond motifs is 1. The zero-order valence-corrected chi connectivity index (χ0v) is 27.6. The molecule has 4 aromatic carbocycles. The van der Waals surface area contributed by atoms with Crippen LogP contribution in [-0.2, 0) is 11.4 Å². The van der Waals surface area contributed by atoms with Crippen molar-refractivity contribution in [2.24, 2.45) is 0 Å². The molecule has 246 valence electrons. The molecule has 1 saturated heterocycles. The molecule has 0 spiro atoms. The van der Waals surface area contributed by atoms with Crippen LogP contribution in [0, 0.1) is 5.82 Å². The second kappa shape index (κ2) is 14.7.